The highest BCUT2D eigenvalue weighted by atomic mass is 32.2. The maximum absolute atomic E-state index is 12.8. The average molecular weight is 378 g/mol. The summed E-state index contributed by atoms with van der Waals surface area (Å²) in [5.41, 5.74) is 1.49. The molecule has 3 heterocycles. The van der Waals surface area contributed by atoms with Gasteiger partial charge < -0.3 is 4.74 Å². The van der Waals surface area contributed by atoms with Crippen LogP contribution in [0, 0.1) is 0 Å². The van der Waals surface area contributed by atoms with E-state index >= 15 is 0 Å². The normalized spacial score (nSPS) is 16.5. The van der Waals surface area contributed by atoms with Gasteiger partial charge in [-0.15, -0.1) is 0 Å². The third kappa shape index (κ3) is 3.08. The Bertz CT molecular complexity index is 972. The summed E-state index contributed by atoms with van der Waals surface area (Å²) in [6.45, 7) is 3.69. The van der Waals surface area contributed by atoms with Crippen LogP contribution in [0.15, 0.2) is 35.4 Å². The Morgan fingerprint density at radius 3 is 2.80 bits per heavy atom. The highest BCUT2D eigenvalue weighted by Gasteiger charge is 2.26. The molecular formula is C16H18N4O3S2. The highest BCUT2D eigenvalue weighted by Crippen LogP contribution is 2.26. The molecule has 7 nitrogen and oxygen atoms in total. The molecule has 1 aliphatic rings. The Balaban J connectivity index is 1.69. The van der Waals surface area contributed by atoms with Gasteiger partial charge in [0.2, 0.25) is 15.0 Å². The number of morpholine rings is 1. The molecule has 0 bridgehead atoms. The number of benzene rings is 1. The van der Waals surface area contributed by atoms with Gasteiger partial charge in [-0.25, -0.2) is 17.9 Å². The van der Waals surface area contributed by atoms with Gasteiger partial charge in [0.15, 0.2) is 0 Å². The van der Waals surface area contributed by atoms with Crippen LogP contribution in [-0.2, 0) is 21.2 Å². The van der Waals surface area contributed by atoms with Crippen molar-refractivity contribution in [2.24, 2.45) is 0 Å². The number of rotatable bonds is 4. The van der Waals surface area contributed by atoms with Crippen molar-refractivity contribution in [1.29, 1.82) is 0 Å². The third-order valence-corrected chi connectivity index (χ3v) is 7.09. The van der Waals surface area contributed by atoms with Gasteiger partial charge in [-0.3, -0.25) is 0 Å². The van der Waals surface area contributed by atoms with E-state index in [4.69, 9.17) is 4.74 Å². The van der Waals surface area contributed by atoms with E-state index in [1.165, 1.54) is 4.31 Å². The number of hydrogen-bond donors (Lipinski definition) is 0. The van der Waals surface area contributed by atoms with Gasteiger partial charge in [0.1, 0.15) is 5.01 Å². The van der Waals surface area contributed by atoms with E-state index in [1.54, 1.807) is 34.1 Å². The molecule has 132 valence electrons. The van der Waals surface area contributed by atoms with Gasteiger partial charge in [0.25, 0.3) is 0 Å². The number of imidazole rings is 1. The van der Waals surface area contributed by atoms with Crippen LogP contribution in [0.5, 0.6) is 0 Å². The topological polar surface area (TPSA) is 76.8 Å². The van der Waals surface area contributed by atoms with Crippen molar-refractivity contribution in [3.8, 4) is 11.3 Å². The predicted octanol–water partition coefficient (Wildman–Crippen LogP) is 2.04. The Kier molecular flexibility index (Phi) is 4.32. The number of fused-ring (bicyclic) bond motifs is 1. The Labute approximate surface area is 149 Å². The van der Waals surface area contributed by atoms with Crippen molar-refractivity contribution in [3.05, 3.63) is 35.5 Å². The molecule has 25 heavy (non-hydrogen) atoms. The van der Waals surface area contributed by atoms with E-state index in [9.17, 15) is 8.42 Å². The summed E-state index contributed by atoms with van der Waals surface area (Å²) in [7, 11) is -3.51. The quantitative estimate of drug-likeness (QED) is 0.694. The van der Waals surface area contributed by atoms with Crippen molar-refractivity contribution >= 4 is 26.3 Å². The molecule has 0 atom stereocenters. The molecule has 0 radical (unpaired) electrons. The van der Waals surface area contributed by atoms with E-state index < -0.39 is 10.0 Å². The molecule has 1 aromatic carbocycles. The second-order valence-corrected chi connectivity index (χ2v) is 8.73. The lowest BCUT2D eigenvalue weighted by atomic mass is 10.2. The summed E-state index contributed by atoms with van der Waals surface area (Å²) in [5, 5.41) is 5.48. The smallest absolute Gasteiger partial charge is 0.243 e. The summed E-state index contributed by atoms with van der Waals surface area (Å²) < 4.78 is 34.1. The van der Waals surface area contributed by atoms with E-state index in [0.717, 1.165) is 27.6 Å². The zero-order valence-electron chi connectivity index (χ0n) is 13.8. The predicted molar refractivity (Wildman–Crippen MR) is 95.3 cm³/mol. The van der Waals surface area contributed by atoms with Crippen LogP contribution in [0.1, 0.15) is 11.9 Å². The molecule has 9 heteroatoms. The molecule has 0 aliphatic carbocycles. The molecule has 1 aliphatic heterocycles. The Hall–Kier alpha value is -1.81. The number of aryl methyl sites for hydroxylation is 1. The summed E-state index contributed by atoms with van der Waals surface area (Å²) in [5.74, 6) is 0. The van der Waals surface area contributed by atoms with Crippen LogP contribution in [0.4, 0.5) is 0 Å². The molecule has 0 spiro atoms. The first-order valence-corrected chi connectivity index (χ1v) is 10.4. The maximum atomic E-state index is 12.8. The number of nitrogens with zero attached hydrogens (tertiary/aromatic N) is 4. The lowest BCUT2D eigenvalue weighted by Gasteiger charge is -2.26. The largest absolute Gasteiger partial charge is 0.379 e. The Morgan fingerprint density at radius 2 is 2.08 bits per heavy atom. The lowest BCUT2D eigenvalue weighted by Crippen LogP contribution is -2.40. The van der Waals surface area contributed by atoms with Gasteiger partial charge in [-0.2, -0.15) is 9.40 Å². The highest BCUT2D eigenvalue weighted by molar-refractivity contribution is 7.89. The second kappa shape index (κ2) is 6.49. The van der Waals surface area contributed by atoms with Crippen molar-refractivity contribution in [1.82, 2.24) is 18.9 Å². The zero-order chi connectivity index (χ0) is 17.4. The van der Waals surface area contributed by atoms with Gasteiger partial charge in [-0.1, -0.05) is 30.4 Å². The van der Waals surface area contributed by atoms with Crippen LogP contribution >= 0.6 is 11.3 Å². The van der Waals surface area contributed by atoms with E-state index in [1.807, 2.05) is 12.3 Å². The third-order valence-electron chi connectivity index (χ3n) is 4.13. The standard InChI is InChI=1S/C16H18N4O3S2/c1-2-15-18-20-11-14(17-16(20)24-15)12-4-3-5-13(10-12)25(21,22)19-6-8-23-9-7-19/h3-5,10-11H,2,6-9H2,1H3. The van der Waals surface area contributed by atoms with Crippen LogP contribution < -0.4 is 0 Å². The van der Waals surface area contributed by atoms with Crippen LogP contribution in [0.25, 0.3) is 16.2 Å². The van der Waals surface area contributed by atoms with E-state index in [2.05, 4.69) is 17.0 Å². The van der Waals surface area contributed by atoms with Crippen molar-refractivity contribution in [3.63, 3.8) is 0 Å². The fraction of sp³-hybridized carbons (Fsp3) is 0.375. The van der Waals surface area contributed by atoms with E-state index in [0.29, 0.717) is 26.3 Å². The van der Waals surface area contributed by atoms with Gasteiger partial charge in [0, 0.05) is 18.7 Å². The van der Waals surface area contributed by atoms with E-state index in [-0.39, 0.29) is 4.90 Å². The molecule has 0 unspecified atom stereocenters. The van der Waals surface area contributed by atoms with Crippen molar-refractivity contribution in [2.75, 3.05) is 26.3 Å². The second-order valence-electron chi connectivity index (χ2n) is 5.75. The monoisotopic (exact) mass is 378 g/mol. The lowest BCUT2D eigenvalue weighted by molar-refractivity contribution is 0.0730. The number of aromatic nitrogens is 3. The molecule has 0 amide bonds. The summed E-state index contributed by atoms with van der Waals surface area (Å²) in [6, 6.07) is 6.92. The molecule has 4 rings (SSSR count). The number of ether oxygens (including phenoxy) is 1. The molecular weight excluding hydrogens is 360 g/mol. The molecule has 3 aromatic rings. The van der Waals surface area contributed by atoms with Crippen LogP contribution in [0.3, 0.4) is 0 Å². The number of hydrogen-bond acceptors (Lipinski definition) is 6. The van der Waals surface area contributed by atoms with Crippen LogP contribution in [-0.4, -0.2) is 53.6 Å². The minimum Gasteiger partial charge on any atom is -0.379 e. The first kappa shape index (κ1) is 16.6. The average Bonchev–Trinajstić information content (AvgIpc) is 3.21. The molecule has 0 saturated carbocycles. The molecule has 0 N–H and O–H groups in total. The molecule has 1 saturated heterocycles. The molecule has 1 fully saturated rings. The summed E-state index contributed by atoms with van der Waals surface area (Å²) in [6.07, 6.45) is 2.71. The summed E-state index contributed by atoms with van der Waals surface area (Å²) in [4.78, 5) is 5.67. The SMILES string of the molecule is CCc1nn2cc(-c3cccc(S(=O)(=O)N4CCOCC4)c3)nc2s1. The first-order chi connectivity index (χ1) is 12.1. The van der Waals surface area contributed by atoms with Gasteiger partial charge in [-0.05, 0) is 18.6 Å². The zero-order valence-corrected chi connectivity index (χ0v) is 15.4. The molecule has 2 aromatic heterocycles. The van der Waals surface area contributed by atoms with Crippen molar-refractivity contribution in [2.45, 2.75) is 18.2 Å². The minimum absolute atomic E-state index is 0.283. The van der Waals surface area contributed by atoms with Gasteiger partial charge >= 0.3 is 0 Å². The van der Waals surface area contributed by atoms with Gasteiger partial charge in [0.05, 0.1) is 30.0 Å². The number of sulfonamides is 1. The fourth-order valence-corrected chi connectivity index (χ4v) is 5.04. The van der Waals surface area contributed by atoms with Crippen LogP contribution in [0.2, 0.25) is 0 Å². The minimum atomic E-state index is -3.51. The fourth-order valence-electron chi connectivity index (χ4n) is 2.78. The summed E-state index contributed by atoms with van der Waals surface area (Å²) >= 11 is 1.55. The van der Waals surface area contributed by atoms with Crippen molar-refractivity contribution < 1.29 is 13.2 Å². The first-order valence-electron chi connectivity index (χ1n) is 8.11. The Morgan fingerprint density at radius 1 is 1.28 bits per heavy atom. The maximum Gasteiger partial charge on any atom is 0.243 e.